The summed E-state index contributed by atoms with van der Waals surface area (Å²) in [4.78, 5) is 31.1. The van der Waals surface area contributed by atoms with Gasteiger partial charge in [-0.1, -0.05) is 12.1 Å². The van der Waals surface area contributed by atoms with E-state index in [0.29, 0.717) is 13.1 Å². The van der Waals surface area contributed by atoms with Gasteiger partial charge in [0.05, 0.1) is 7.11 Å². The maximum Gasteiger partial charge on any atom is 0.293 e. The molecule has 1 fully saturated rings. The molecular formula is C20H21N3O4. The summed E-state index contributed by atoms with van der Waals surface area (Å²) in [7, 11) is 1.44. The lowest BCUT2D eigenvalue weighted by Gasteiger charge is -2.30. The molecule has 1 aliphatic heterocycles. The molecule has 0 unspecified atom stereocenters. The number of aromatic nitrogens is 2. The molecule has 140 valence electrons. The Morgan fingerprint density at radius 3 is 2.74 bits per heavy atom. The summed E-state index contributed by atoms with van der Waals surface area (Å²) >= 11 is 0. The van der Waals surface area contributed by atoms with Gasteiger partial charge in [-0.2, -0.15) is 0 Å². The quantitative estimate of drug-likeness (QED) is 0.708. The van der Waals surface area contributed by atoms with Crippen LogP contribution < -0.4 is 10.3 Å². The Bertz CT molecular complexity index is 982. The minimum absolute atomic E-state index is 0.0174. The summed E-state index contributed by atoms with van der Waals surface area (Å²) in [6, 6.07) is 11.0. The number of methoxy groups -OCH3 is 1. The van der Waals surface area contributed by atoms with Crippen LogP contribution in [0.3, 0.4) is 0 Å². The highest BCUT2D eigenvalue weighted by molar-refractivity contribution is 5.76. The minimum atomic E-state index is -0.297. The van der Waals surface area contributed by atoms with Crippen molar-refractivity contribution in [2.75, 3.05) is 20.2 Å². The van der Waals surface area contributed by atoms with Crippen molar-refractivity contribution >= 4 is 17.0 Å². The zero-order valence-corrected chi connectivity index (χ0v) is 15.1. The summed E-state index contributed by atoms with van der Waals surface area (Å²) in [6.45, 7) is 1.27. The van der Waals surface area contributed by atoms with Crippen molar-refractivity contribution in [2.45, 2.75) is 25.3 Å². The second-order valence-corrected chi connectivity index (χ2v) is 6.68. The third kappa shape index (κ3) is 3.45. The predicted octanol–water partition coefficient (Wildman–Crippen LogP) is 2.40. The Kier molecular flexibility index (Phi) is 4.66. The number of amides is 1. The number of hydrogen-bond donors (Lipinski definition) is 0. The Hall–Kier alpha value is -3.09. The van der Waals surface area contributed by atoms with E-state index in [1.165, 1.54) is 11.7 Å². The number of likely N-dealkylation sites (tertiary alicyclic amines) is 1. The summed E-state index contributed by atoms with van der Waals surface area (Å²) < 4.78 is 12.3. The molecule has 4 rings (SSSR count). The number of oxazole rings is 1. The van der Waals surface area contributed by atoms with Gasteiger partial charge in [0.2, 0.25) is 5.91 Å². The van der Waals surface area contributed by atoms with Crippen molar-refractivity contribution in [3.05, 3.63) is 58.8 Å². The molecule has 0 bridgehead atoms. The lowest BCUT2D eigenvalue weighted by molar-refractivity contribution is -0.133. The molecule has 0 aliphatic carbocycles. The van der Waals surface area contributed by atoms with Gasteiger partial charge in [0.25, 0.3) is 5.56 Å². The van der Waals surface area contributed by atoms with Crippen LogP contribution in [0, 0.1) is 0 Å². The largest absolute Gasteiger partial charge is 0.491 e. The molecule has 3 heterocycles. The predicted molar refractivity (Wildman–Crippen MR) is 99.8 cm³/mol. The van der Waals surface area contributed by atoms with Gasteiger partial charge in [0.1, 0.15) is 12.1 Å². The maximum atomic E-state index is 12.6. The molecule has 1 saturated heterocycles. The molecule has 0 saturated carbocycles. The van der Waals surface area contributed by atoms with Crippen molar-refractivity contribution in [3.8, 4) is 5.75 Å². The van der Waals surface area contributed by atoms with Crippen molar-refractivity contribution in [3.63, 3.8) is 0 Å². The van der Waals surface area contributed by atoms with Crippen LogP contribution in [0.25, 0.3) is 11.1 Å². The van der Waals surface area contributed by atoms with Gasteiger partial charge in [-0.3, -0.25) is 9.59 Å². The van der Waals surface area contributed by atoms with E-state index in [0.717, 1.165) is 29.8 Å². The van der Waals surface area contributed by atoms with Gasteiger partial charge < -0.3 is 18.6 Å². The van der Waals surface area contributed by atoms with Crippen molar-refractivity contribution in [1.82, 2.24) is 14.5 Å². The molecule has 3 aromatic rings. The normalized spacial score (nSPS) is 15.2. The van der Waals surface area contributed by atoms with E-state index in [1.54, 1.807) is 23.2 Å². The summed E-state index contributed by atoms with van der Waals surface area (Å²) in [6.07, 6.45) is 3.20. The third-order valence-corrected chi connectivity index (χ3v) is 5.02. The third-order valence-electron chi connectivity index (χ3n) is 5.02. The lowest BCUT2D eigenvalue weighted by Crippen LogP contribution is -2.41. The molecule has 0 N–H and O–H groups in total. The minimum Gasteiger partial charge on any atom is -0.491 e. The fraction of sp³-hybridized carbons (Fsp3) is 0.350. The van der Waals surface area contributed by atoms with Gasteiger partial charge >= 0.3 is 0 Å². The number of benzene rings is 1. The van der Waals surface area contributed by atoms with Crippen molar-refractivity contribution in [1.29, 1.82) is 0 Å². The monoisotopic (exact) mass is 367 g/mol. The standard InChI is InChI=1S/C20H21N3O4/c1-26-17-7-4-10-23(20(17)25)13-18(24)22-11-8-14(9-12-22)19-21-15-5-2-3-6-16(15)27-19/h2-7,10,14H,8-9,11-13H2,1H3. The van der Waals surface area contributed by atoms with Gasteiger partial charge in [0, 0.05) is 25.2 Å². The van der Waals surface area contributed by atoms with Crippen molar-refractivity contribution in [2.24, 2.45) is 0 Å². The SMILES string of the molecule is COc1cccn(CC(=O)N2CCC(c3nc4ccccc4o3)CC2)c1=O. The van der Waals surface area contributed by atoms with Gasteiger partial charge in [-0.05, 0) is 37.1 Å². The number of piperidine rings is 1. The van der Waals surface area contributed by atoms with Gasteiger partial charge in [-0.15, -0.1) is 0 Å². The topological polar surface area (TPSA) is 77.6 Å². The summed E-state index contributed by atoms with van der Waals surface area (Å²) in [5.74, 6) is 1.12. The Morgan fingerprint density at radius 2 is 2.00 bits per heavy atom. The maximum absolute atomic E-state index is 12.6. The molecule has 0 atom stereocenters. The molecule has 7 nitrogen and oxygen atoms in total. The first-order chi connectivity index (χ1) is 13.2. The van der Waals surface area contributed by atoms with Crippen LogP contribution in [-0.4, -0.2) is 40.6 Å². The van der Waals surface area contributed by atoms with E-state index in [-0.39, 0.29) is 29.7 Å². The van der Waals surface area contributed by atoms with E-state index >= 15 is 0 Å². The van der Waals surface area contributed by atoms with E-state index in [1.807, 2.05) is 24.3 Å². The van der Waals surface area contributed by atoms with Crippen LogP contribution in [0.1, 0.15) is 24.7 Å². The fourth-order valence-corrected chi connectivity index (χ4v) is 3.48. The van der Waals surface area contributed by atoms with E-state index in [9.17, 15) is 9.59 Å². The number of para-hydroxylation sites is 2. The van der Waals surface area contributed by atoms with Gasteiger partial charge in [-0.25, -0.2) is 4.98 Å². The molecule has 27 heavy (non-hydrogen) atoms. The molecular weight excluding hydrogens is 346 g/mol. The highest BCUT2D eigenvalue weighted by Gasteiger charge is 2.27. The van der Waals surface area contributed by atoms with Crippen molar-refractivity contribution < 1.29 is 13.9 Å². The zero-order chi connectivity index (χ0) is 18.8. The number of carbonyl (C=O) groups is 1. The fourth-order valence-electron chi connectivity index (χ4n) is 3.48. The first-order valence-electron chi connectivity index (χ1n) is 9.02. The van der Waals surface area contributed by atoms with E-state index in [2.05, 4.69) is 4.98 Å². The molecule has 1 amide bonds. The number of pyridine rings is 1. The smallest absolute Gasteiger partial charge is 0.293 e. The summed E-state index contributed by atoms with van der Waals surface area (Å²) in [5, 5.41) is 0. The number of rotatable bonds is 4. The lowest BCUT2D eigenvalue weighted by atomic mass is 9.97. The Morgan fingerprint density at radius 1 is 1.22 bits per heavy atom. The Labute approximate surface area is 156 Å². The van der Waals surface area contributed by atoms with Crippen LogP contribution in [0.5, 0.6) is 5.75 Å². The Balaban J connectivity index is 1.40. The zero-order valence-electron chi connectivity index (χ0n) is 15.1. The molecule has 0 spiro atoms. The second kappa shape index (κ2) is 7.26. The number of carbonyl (C=O) groups excluding carboxylic acids is 1. The first-order valence-corrected chi connectivity index (χ1v) is 9.02. The number of ether oxygens (including phenoxy) is 1. The number of fused-ring (bicyclic) bond motifs is 1. The first kappa shape index (κ1) is 17.3. The van der Waals surface area contributed by atoms with Crippen LogP contribution in [0.4, 0.5) is 0 Å². The molecule has 2 aromatic heterocycles. The second-order valence-electron chi connectivity index (χ2n) is 6.68. The molecule has 7 heteroatoms. The molecule has 1 aromatic carbocycles. The van der Waals surface area contributed by atoms with Crippen LogP contribution in [0.2, 0.25) is 0 Å². The van der Waals surface area contributed by atoms with Crippen LogP contribution >= 0.6 is 0 Å². The van der Waals surface area contributed by atoms with E-state index < -0.39 is 0 Å². The highest BCUT2D eigenvalue weighted by atomic mass is 16.5. The summed E-state index contributed by atoms with van der Waals surface area (Å²) in [5.41, 5.74) is 1.36. The average molecular weight is 367 g/mol. The van der Waals surface area contributed by atoms with Crippen LogP contribution in [0.15, 0.2) is 51.8 Å². The molecule has 1 aliphatic rings. The van der Waals surface area contributed by atoms with E-state index in [4.69, 9.17) is 9.15 Å². The van der Waals surface area contributed by atoms with Crippen LogP contribution in [-0.2, 0) is 11.3 Å². The van der Waals surface area contributed by atoms with Gasteiger partial charge in [0.15, 0.2) is 17.2 Å². The number of nitrogens with zero attached hydrogens (tertiary/aromatic N) is 3. The average Bonchev–Trinajstić information content (AvgIpc) is 3.14. The number of hydrogen-bond acceptors (Lipinski definition) is 5. The molecule has 0 radical (unpaired) electrons. The highest BCUT2D eigenvalue weighted by Crippen LogP contribution is 2.29.